The molecule has 0 saturated heterocycles. The third-order valence-corrected chi connectivity index (χ3v) is 3.24. The molecule has 0 atom stereocenters. The number of methoxy groups -OCH3 is 3. The molecule has 0 aliphatic carbocycles. The van der Waals surface area contributed by atoms with E-state index in [9.17, 15) is 4.79 Å². The standard InChI is InChI=1S/C17H18N2O5/c1-21-13-6-4-11(5-7-13)16(18)19-24-17(20)12-8-14(22-2)10-15(9-12)23-3/h4-10H,1-3H3,(H2,18,19)/p+1. The van der Waals surface area contributed by atoms with Crippen molar-refractivity contribution in [2.45, 2.75) is 0 Å². The maximum Gasteiger partial charge on any atom is 0.388 e. The van der Waals surface area contributed by atoms with Gasteiger partial charge in [-0.15, -0.1) is 0 Å². The fourth-order valence-electron chi connectivity index (χ4n) is 1.92. The molecule has 0 heterocycles. The number of carbonyl (C=O) groups excluding carboxylic acids is 1. The van der Waals surface area contributed by atoms with Crippen LogP contribution in [0.5, 0.6) is 17.2 Å². The molecule has 0 aromatic heterocycles. The van der Waals surface area contributed by atoms with Crippen molar-refractivity contribution in [2.75, 3.05) is 21.3 Å². The van der Waals surface area contributed by atoms with Crippen LogP contribution in [-0.2, 0) is 4.84 Å². The number of rotatable bonds is 6. The first-order chi connectivity index (χ1) is 11.6. The summed E-state index contributed by atoms with van der Waals surface area (Å²) in [6.45, 7) is 0. The van der Waals surface area contributed by atoms with E-state index in [-0.39, 0.29) is 11.4 Å². The van der Waals surface area contributed by atoms with Gasteiger partial charge in [-0.25, -0.2) is 4.79 Å². The summed E-state index contributed by atoms with van der Waals surface area (Å²) in [5, 5.41) is 2.43. The van der Waals surface area contributed by atoms with E-state index >= 15 is 0 Å². The molecular weight excluding hydrogens is 312 g/mol. The highest BCUT2D eigenvalue weighted by Gasteiger charge is 2.14. The summed E-state index contributed by atoms with van der Waals surface area (Å²) in [6.07, 6.45) is 0. The number of amidine groups is 1. The summed E-state index contributed by atoms with van der Waals surface area (Å²) in [5.41, 5.74) is 6.79. The van der Waals surface area contributed by atoms with Crippen molar-refractivity contribution in [3.63, 3.8) is 0 Å². The van der Waals surface area contributed by atoms with Gasteiger partial charge < -0.3 is 14.2 Å². The van der Waals surface area contributed by atoms with Crippen molar-refractivity contribution >= 4 is 11.8 Å². The van der Waals surface area contributed by atoms with Crippen LogP contribution >= 0.6 is 0 Å². The fourth-order valence-corrected chi connectivity index (χ4v) is 1.92. The third-order valence-electron chi connectivity index (χ3n) is 3.24. The lowest BCUT2D eigenvalue weighted by Gasteiger charge is -2.06. The van der Waals surface area contributed by atoms with Crippen molar-refractivity contribution < 1.29 is 29.0 Å². The molecule has 0 unspecified atom stereocenters. The molecule has 24 heavy (non-hydrogen) atoms. The average molecular weight is 331 g/mol. The molecule has 2 rings (SSSR count). The Balaban J connectivity index is 2.13. The largest absolute Gasteiger partial charge is 0.497 e. The Morgan fingerprint density at radius 2 is 1.38 bits per heavy atom. The highest BCUT2D eigenvalue weighted by atomic mass is 16.7. The maximum absolute atomic E-state index is 12.1. The van der Waals surface area contributed by atoms with E-state index in [1.165, 1.54) is 26.4 Å². The van der Waals surface area contributed by atoms with Crippen molar-refractivity contribution in [1.29, 1.82) is 0 Å². The Morgan fingerprint density at radius 1 is 0.833 bits per heavy atom. The number of ether oxygens (including phenoxy) is 3. The predicted molar refractivity (Wildman–Crippen MR) is 87.2 cm³/mol. The van der Waals surface area contributed by atoms with E-state index in [0.29, 0.717) is 22.8 Å². The normalized spacial score (nSPS) is 10.9. The molecule has 0 amide bonds. The summed E-state index contributed by atoms with van der Waals surface area (Å²) in [4.78, 5) is 17.1. The molecule has 3 N–H and O–H groups in total. The lowest BCUT2D eigenvalue weighted by molar-refractivity contribution is -0.721. The number of nitrogens with one attached hydrogen (secondary N) is 1. The van der Waals surface area contributed by atoms with Crippen molar-refractivity contribution in [3.8, 4) is 17.2 Å². The first kappa shape index (κ1) is 17.1. The van der Waals surface area contributed by atoms with E-state index < -0.39 is 5.97 Å². The van der Waals surface area contributed by atoms with Gasteiger partial charge >= 0.3 is 11.8 Å². The van der Waals surface area contributed by atoms with E-state index in [2.05, 4.69) is 5.16 Å². The van der Waals surface area contributed by atoms with Gasteiger partial charge in [0, 0.05) is 6.07 Å². The van der Waals surface area contributed by atoms with Crippen molar-refractivity contribution in [3.05, 3.63) is 53.6 Å². The quantitative estimate of drug-likeness (QED) is 0.342. The molecule has 0 saturated carbocycles. The van der Waals surface area contributed by atoms with Crippen LogP contribution in [0.25, 0.3) is 0 Å². The topological polar surface area (TPSA) is 94.0 Å². The zero-order chi connectivity index (χ0) is 17.5. The molecule has 7 heteroatoms. The van der Waals surface area contributed by atoms with Crippen LogP contribution in [0.15, 0.2) is 42.5 Å². The molecule has 7 nitrogen and oxygen atoms in total. The molecule has 0 aliphatic rings. The highest BCUT2D eigenvalue weighted by molar-refractivity contribution is 5.93. The van der Waals surface area contributed by atoms with Crippen LogP contribution in [0.4, 0.5) is 0 Å². The summed E-state index contributed by atoms with van der Waals surface area (Å²) in [6, 6.07) is 11.7. The molecular formula is C17H19N2O5+. The maximum atomic E-state index is 12.1. The number of carbonyl (C=O) groups is 1. The minimum Gasteiger partial charge on any atom is -0.497 e. The molecule has 2 aromatic rings. The zero-order valence-electron chi connectivity index (χ0n) is 13.7. The number of hydrogen-bond donors (Lipinski definition) is 2. The predicted octanol–water partition coefficient (Wildman–Crippen LogP) is 0.270. The summed E-state index contributed by atoms with van der Waals surface area (Å²) < 4.78 is 15.3. The summed E-state index contributed by atoms with van der Waals surface area (Å²) in [7, 11) is 4.57. The molecule has 126 valence electrons. The van der Waals surface area contributed by atoms with Gasteiger partial charge in [0.1, 0.15) is 17.2 Å². The minimum atomic E-state index is -0.622. The molecule has 0 radical (unpaired) electrons. The van der Waals surface area contributed by atoms with Crippen LogP contribution in [0.3, 0.4) is 0 Å². The van der Waals surface area contributed by atoms with Crippen molar-refractivity contribution in [2.24, 2.45) is 5.73 Å². The minimum absolute atomic E-state index is 0.195. The highest BCUT2D eigenvalue weighted by Crippen LogP contribution is 2.22. The van der Waals surface area contributed by atoms with Crippen molar-refractivity contribution in [1.82, 2.24) is 0 Å². The Morgan fingerprint density at radius 3 is 1.88 bits per heavy atom. The second kappa shape index (κ2) is 7.87. The Kier molecular flexibility index (Phi) is 5.62. The van der Waals surface area contributed by atoms with Crippen LogP contribution in [0.1, 0.15) is 15.9 Å². The fraction of sp³-hybridized carbons (Fsp3) is 0.176. The van der Waals surface area contributed by atoms with Crippen LogP contribution in [0.2, 0.25) is 0 Å². The van der Waals surface area contributed by atoms with Gasteiger partial charge in [0.2, 0.25) is 0 Å². The molecule has 0 fully saturated rings. The first-order valence-electron chi connectivity index (χ1n) is 7.04. The second-order valence-corrected chi connectivity index (χ2v) is 4.74. The average Bonchev–Trinajstić information content (AvgIpc) is 2.65. The molecule has 0 aliphatic heterocycles. The van der Waals surface area contributed by atoms with E-state index in [1.807, 2.05) is 0 Å². The summed E-state index contributed by atoms with van der Waals surface area (Å²) in [5.74, 6) is 1.23. The smallest absolute Gasteiger partial charge is 0.388 e. The van der Waals surface area contributed by atoms with Crippen LogP contribution in [0, 0.1) is 0 Å². The van der Waals surface area contributed by atoms with E-state index in [0.717, 1.165) is 0 Å². The van der Waals surface area contributed by atoms with Crippen LogP contribution in [-0.4, -0.2) is 33.1 Å². The molecule has 2 aromatic carbocycles. The summed E-state index contributed by atoms with van der Waals surface area (Å²) >= 11 is 0. The van der Waals surface area contributed by atoms with Gasteiger partial charge in [-0.05, 0) is 36.4 Å². The van der Waals surface area contributed by atoms with E-state index in [1.54, 1.807) is 37.4 Å². The number of nitrogens with two attached hydrogens (primary N) is 1. The van der Waals surface area contributed by atoms with E-state index in [4.69, 9.17) is 24.8 Å². The van der Waals surface area contributed by atoms with Crippen LogP contribution < -0.4 is 25.1 Å². The number of hydrogen-bond acceptors (Lipinski definition) is 5. The molecule has 0 bridgehead atoms. The van der Waals surface area contributed by atoms with Gasteiger partial charge in [0.05, 0.1) is 32.5 Å². The van der Waals surface area contributed by atoms with Gasteiger partial charge in [0.15, 0.2) is 0 Å². The number of benzene rings is 2. The second-order valence-electron chi connectivity index (χ2n) is 4.74. The Labute approximate surface area is 139 Å². The van der Waals surface area contributed by atoms with Gasteiger partial charge in [-0.1, -0.05) is 5.16 Å². The number of nitrogen functional groups attached to an aromatic ring is 1. The van der Waals surface area contributed by atoms with Gasteiger partial charge in [-0.3, -0.25) is 10.6 Å². The lowest BCUT2D eigenvalue weighted by Crippen LogP contribution is -2.75. The monoisotopic (exact) mass is 331 g/mol. The SMILES string of the molecule is COc1ccc(C(N)=[NH+]OC(=O)c2cc(OC)cc(OC)c2)cc1. The van der Waals surface area contributed by atoms with Gasteiger partial charge in [0.25, 0.3) is 0 Å². The first-order valence-corrected chi connectivity index (χ1v) is 7.04. The Bertz CT molecular complexity index is 719. The third kappa shape index (κ3) is 4.16. The Hall–Kier alpha value is -3.22. The van der Waals surface area contributed by atoms with Gasteiger partial charge in [-0.2, -0.15) is 0 Å². The lowest BCUT2D eigenvalue weighted by atomic mass is 10.2. The molecule has 0 spiro atoms. The zero-order valence-corrected chi connectivity index (χ0v) is 13.7.